The van der Waals surface area contributed by atoms with Gasteiger partial charge in [0, 0.05) is 5.69 Å². The Morgan fingerprint density at radius 3 is 2.67 bits per heavy atom. The van der Waals surface area contributed by atoms with Gasteiger partial charge in [0.1, 0.15) is 5.82 Å². The number of halogens is 1. The molecule has 2 rings (SSSR count). The minimum Gasteiger partial charge on any atom is -0.325 e. The molecular formula is C14H19FN2O. The molecule has 1 aromatic carbocycles. The van der Waals surface area contributed by atoms with E-state index in [1.54, 1.807) is 19.1 Å². The number of nitrogens with zero attached hydrogens (tertiary/aromatic N) is 1. The molecule has 1 aliphatic heterocycles. The summed E-state index contributed by atoms with van der Waals surface area (Å²) >= 11 is 0. The summed E-state index contributed by atoms with van der Waals surface area (Å²) in [6.45, 7) is 5.53. The molecule has 1 saturated heterocycles. The third-order valence-electron chi connectivity index (χ3n) is 3.51. The number of aryl methyl sites for hydroxylation is 1. The van der Waals surface area contributed by atoms with Crippen LogP contribution in [0.1, 0.15) is 25.3 Å². The smallest absolute Gasteiger partial charge is 0.241 e. The van der Waals surface area contributed by atoms with Crippen molar-refractivity contribution < 1.29 is 9.18 Å². The van der Waals surface area contributed by atoms with Crippen molar-refractivity contribution in [3.63, 3.8) is 0 Å². The Bertz CT molecular complexity index is 441. The Morgan fingerprint density at radius 1 is 1.39 bits per heavy atom. The molecule has 4 heteroatoms. The number of carbonyl (C=O) groups is 1. The van der Waals surface area contributed by atoms with E-state index in [1.807, 2.05) is 6.92 Å². The SMILES string of the molecule is Cc1ccc(NC(=O)[C@H](C)N2CCCC2)cc1F. The highest BCUT2D eigenvalue weighted by molar-refractivity contribution is 5.94. The Kier molecular flexibility index (Phi) is 3.97. The molecule has 1 heterocycles. The van der Waals surface area contributed by atoms with E-state index < -0.39 is 0 Å². The zero-order valence-corrected chi connectivity index (χ0v) is 10.9. The first-order valence-electron chi connectivity index (χ1n) is 6.39. The van der Waals surface area contributed by atoms with Crippen molar-refractivity contribution in [2.24, 2.45) is 0 Å². The van der Waals surface area contributed by atoms with Gasteiger partial charge in [0.25, 0.3) is 0 Å². The fourth-order valence-corrected chi connectivity index (χ4v) is 2.21. The minimum absolute atomic E-state index is 0.0693. The molecule has 0 aliphatic carbocycles. The van der Waals surface area contributed by atoms with E-state index >= 15 is 0 Å². The van der Waals surface area contributed by atoms with Gasteiger partial charge in [0.05, 0.1) is 6.04 Å². The van der Waals surface area contributed by atoms with Crippen molar-refractivity contribution in [2.45, 2.75) is 32.7 Å². The van der Waals surface area contributed by atoms with Crippen LogP contribution in [-0.4, -0.2) is 29.9 Å². The van der Waals surface area contributed by atoms with Crippen LogP contribution in [0.3, 0.4) is 0 Å². The number of hydrogen-bond acceptors (Lipinski definition) is 2. The van der Waals surface area contributed by atoms with Crippen LogP contribution in [0.5, 0.6) is 0 Å². The molecule has 1 atom stereocenters. The molecule has 0 bridgehead atoms. The molecule has 0 unspecified atom stereocenters. The van der Waals surface area contributed by atoms with Crippen molar-refractivity contribution >= 4 is 11.6 Å². The van der Waals surface area contributed by atoms with Crippen LogP contribution in [0.4, 0.5) is 10.1 Å². The molecule has 0 radical (unpaired) electrons. The van der Waals surface area contributed by atoms with Crippen LogP contribution in [0.15, 0.2) is 18.2 Å². The molecular weight excluding hydrogens is 231 g/mol. The number of likely N-dealkylation sites (tertiary alicyclic amines) is 1. The second-order valence-electron chi connectivity index (χ2n) is 4.87. The standard InChI is InChI=1S/C14H19FN2O/c1-10-5-6-12(9-13(10)15)16-14(18)11(2)17-7-3-4-8-17/h5-6,9,11H,3-4,7-8H2,1-2H3,(H,16,18)/t11-/m0/s1. The number of nitrogens with one attached hydrogen (secondary N) is 1. The van der Waals surface area contributed by atoms with Gasteiger partial charge in [0.15, 0.2) is 0 Å². The van der Waals surface area contributed by atoms with E-state index in [4.69, 9.17) is 0 Å². The number of carbonyl (C=O) groups excluding carboxylic acids is 1. The van der Waals surface area contributed by atoms with E-state index in [-0.39, 0.29) is 17.8 Å². The average molecular weight is 250 g/mol. The maximum atomic E-state index is 13.4. The summed E-state index contributed by atoms with van der Waals surface area (Å²) in [4.78, 5) is 14.2. The summed E-state index contributed by atoms with van der Waals surface area (Å²) in [5, 5.41) is 2.77. The number of benzene rings is 1. The quantitative estimate of drug-likeness (QED) is 0.894. The topological polar surface area (TPSA) is 32.3 Å². The molecule has 3 nitrogen and oxygen atoms in total. The molecule has 1 aliphatic rings. The van der Waals surface area contributed by atoms with Gasteiger partial charge in [-0.25, -0.2) is 4.39 Å². The predicted octanol–water partition coefficient (Wildman–Crippen LogP) is 2.56. The average Bonchev–Trinajstić information content (AvgIpc) is 2.86. The second-order valence-corrected chi connectivity index (χ2v) is 4.87. The van der Waals surface area contributed by atoms with Gasteiger partial charge < -0.3 is 5.32 Å². The number of amides is 1. The Morgan fingerprint density at radius 2 is 2.06 bits per heavy atom. The molecule has 1 fully saturated rings. The lowest BCUT2D eigenvalue weighted by atomic mass is 10.2. The summed E-state index contributed by atoms with van der Waals surface area (Å²) in [5.41, 5.74) is 1.11. The minimum atomic E-state index is -0.290. The first kappa shape index (κ1) is 13.0. The monoisotopic (exact) mass is 250 g/mol. The second kappa shape index (κ2) is 5.48. The lowest BCUT2D eigenvalue weighted by Crippen LogP contribution is -2.40. The van der Waals surface area contributed by atoms with E-state index in [2.05, 4.69) is 10.2 Å². The summed E-state index contributed by atoms with van der Waals surface area (Å²) in [7, 11) is 0. The van der Waals surface area contributed by atoms with Gasteiger partial charge in [-0.15, -0.1) is 0 Å². The van der Waals surface area contributed by atoms with E-state index in [0.29, 0.717) is 11.3 Å². The molecule has 98 valence electrons. The predicted molar refractivity (Wildman–Crippen MR) is 70.0 cm³/mol. The van der Waals surface area contributed by atoms with Crippen molar-refractivity contribution in [1.82, 2.24) is 4.90 Å². The van der Waals surface area contributed by atoms with Gasteiger partial charge in [-0.3, -0.25) is 9.69 Å². The van der Waals surface area contributed by atoms with Gasteiger partial charge in [-0.1, -0.05) is 6.07 Å². The lowest BCUT2D eigenvalue weighted by molar-refractivity contribution is -0.120. The molecule has 18 heavy (non-hydrogen) atoms. The Balaban J connectivity index is 1.99. The zero-order valence-electron chi connectivity index (χ0n) is 10.9. The van der Waals surface area contributed by atoms with Crippen LogP contribution in [0, 0.1) is 12.7 Å². The fourth-order valence-electron chi connectivity index (χ4n) is 2.21. The van der Waals surface area contributed by atoms with Crippen LogP contribution in [0.25, 0.3) is 0 Å². The van der Waals surface area contributed by atoms with Gasteiger partial charge in [-0.05, 0) is 57.5 Å². The summed E-state index contributed by atoms with van der Waals surface area (Å²) in [6.07, 6.45) is 2.30. The largest absolute Gasteiger partial charge is 0.325 e. The third kappa shape index (κ3) is 2.88. The van der Waals surface area contributed by atoms with Gasteiger partial charge in [0.2, 0.25) is 5.91 Å². The van der Waals surface area contributed by atoms with E-state index in [9.17, 15) is 9.18 Å². The van der Waals surface area contributed by atoms with E-state index in [1.165, 1.54) is 6.07 Å². The van der Waals surface area contributed by atoms with Crippen molar-refractivity contribution in [3.05, 3.63) is 29.6 Å². The lowest BCUT2D eigenvalue weighted by Gasteiger charge is -2.22. The molecule has 0 saturated carbocycles. The first-order valence-corrected chi connectivity index (χ1v) is 6.39. The van der Waals surface area contributed by atoms with Crippen LogP contribution in [-0.2, 0) is 4.79 Å². The van der Waals surface area contributed by atoms with Crippen molar-refractivity contribution in [1.29, 1.82) is 0 Å². The Hall–Kier alpha value is -1.42. The first-order chi connectivity index (χ1) is 8.58. The number of anilines is 1. The maximum Gasteiger partial charge on any atom is 0.241 e. The highest BCUT2D eigenvalue weighted by Gasteiger charge is 2.23. The number of rotatable bonds is 3. The van der Waals surface area contributed by atoms with E-state index in [0.717, 1.165) is 25.9 Å². The van der Waals surface area contributed by atoms with Crippen molar-refractivity contribution in [3.8, 4) is 0 Å². The summed E-state index contributed by atoms with van der Waals surface area (Å²) < 4.78 is 13.4. The van der Waals surface area contributed by atoms with Crippen molar-refractivity contribution in [2.75, 3.05) is 18.4 Å². The van der Waals surface area contributed by atoms with Crippen LogP contribution in [0.2, 0.25) is 0 Å². The number of hydrogen-bond donors (Lipinski definition) is 1. The molecule has 1 amide bonds. The summed E-state index contributed by atoms with van der Waals surface area (Å²) in [5.74, 6) is -0.359. The highest BCUT2D eigenvalue weighted by atomic mass is 19.1. The zero-order chi connectivity index (χ0) is 13.1. The summed E-state index contributed by atoms with van der Waals surface area (Å²) in [6, 6.07) is 4.61. The van der Waals surface area contributed by atoms with Gasteiger partial charge >= 0.3 is 0 Å². The molecule has 0 aromatic heterocycles. The molecule has 1 aromatic rings. The normalized spacial score (nSPS) is 17.7. The third-order valence-corrected chi connectivity index (χ3v) is 3.51. The molecule has 0 spiro atoms. The maximum absolute atomic E-state index is 13.4. The van der Waals surface area contributed by atoms with Gasteiger partial charge in [-0.2, -0.15) is 0 Å². The Labute approximate surface area is 107 Å². The highest BCUT2D eigenvalue weighted by Crippen LogP contribution is 2.16. The van der Waals surface area contributed by atoms with Crippen LogP contribution < -0.4 is 5.32 Å². The fraction of sp³-hybridized carbons (Fsp3) is 0.500. The molecule has 1 N–H and O–H groups in total. The van der Waals surface area contributed by atoms with Crippen LogP contribution >= 0.6 is 0 Å².